The van der Waals surface area contributed by atoms with E-state index in [0.29, 0.717) is 12.0 Å². The molecule has 3 atom stereocenters. The number of likely N-dealkylation sites (tertiary alicyclic amines) is 1. The fraction of sp³-hybridized carbons (Fsp3) is 1.00. The molecular formula is C12H26N2O. The summed E-state index contributed by atoms with van der Waals surface area (Å²) < 4.78 is 0. The number of aliphatic hydroxyl groups excluding tert-OH is 1. The van der Waals surface area contributed by atoms with E-state index in [1.807, 2.05) is 0 Å². The second-order valence-electron chi connectivity index (χ2n) is 5.01. The monoisotopic (exact) mass is 214 g/mol. The molecule has 0 aromatic heterocycles. The van der Waals surface area contributed by atoms with E-state index in [0.717, 1.165) is 6.54 Å². The van der Waals surface area contributed by atoms with Crippen molar-refractivity contribution in [2.75, 3.05) is 13.2 Å². The summed E-state index contributed by atoms with van der Waals surface area (Å²) in [5, 5.41) is 9.50. The predicted molar refractivity (Wildman–Crippen MR) is 63.7 cm³/mol. The standard InChI is InChI=1S/C12H26N2O/c1-4-10-6-5-7-14(10)11(8-15)12(13)9(2)3/h9-12,15H,4-8,13H2,1-3H3. The molecule has 0 spiro atoms. The van der Waals surface area contributed by atoms with E-state index in [-0.39, 0.29) is 18.7 Å². The average Bonchev–Trinajstić information content (AvgIpc) is 2.66. The van der Waals surface area contributed by atoms with Crippen LogP contribution in [0, 0.1) is 5.92 Å². The van der Waals surface area contributed by atoms with Gasteiger partial charge in [-0.05, 0) is 31.7 Å². The molecule has 1 heterocycles. The summed E-state index contributed by atoms with van der Waals surface area (Å²) in [7, 11) is 0. The quantitative estimate of drug-likeness (QED) is 0.723. The van der Waals surface area contributed by atoms with E-state index < -0.39 is 0 Å². The van der Waals surface area contributed by atoms with Gasteiger partial charge in [0.2, 0.25) is 0 Å². The topological polar surface area (TPSA) is 49.5 Å². The summed E-state index contributed by atoms with van der Waals surface area (Å²) >= 11 is 0. The average molecular weight is 214 g/mol. The van der Waals surface area contributed by atoms with Crippen molar-refractivity contribution in [3.05, 3.63) is 0 Å². The first kappa shape index (κ1) is 12.9. The third kappa shape index (κ3) is 2.92. The lowest BCUT2D eigenvalue weighted by molar-refractivity contribution is 0.0803. The number of hydrogen-bond donors (Lipinski definition) is 2. The molecule has 15 heavy (non-hydrogen) atoms. The van der Waals surface area contributed by atoms with Gasteiger partial charge in [0.1, 0.15) is 0 Å². The van der Waals surface area contributed by atoms with Crippen LogP contribution < -0.4 is 5.73 Å². The Labute approximate surface area is 93.6 Å². The maximum atomic E-state index is 9.50. The van der Waals surface area contributed by atoms with Gasteiger partial charge in [-0.1, -0.05) is 20.8 Å². The molecule has 1 aliphatic heterocycles. The highest BCUT2D eigenvalue weighted by Gasteiger charge is 2.33. The second kappa shape index (κ2) is 5.83. The van der Waals surface area contributed by atoms with Crippen LogP contribution in [0.1, 0.15) is 40.0 Å². The fourth-order valence-corrected chi connectivity index (χ4v) is 2.63. The number of nitrogens with two attached hydrogens (primary N) is 1. The van der Waals surface area contributed by atoms with Crippen molar-refractivity contribution in [2.24, 2.45) is 11.7 Å². The molecule has 0 aromatic rings. The molecule has 1 fully saturated rings. The number of hydrogen-bond acceptors (Lipinski definition) is 3. The highest BCUT2D eigenvalue weighted by molar-refractivity contribution is 4.90. The van der Waals surface area contributed by atoms with Gasteiger partial charge in [-0.15, -0.1) is 0 Å². The highest BCUT2D eigenvalue weighted by Crippen LogP contribution is 2.24. The first-order valence-electron chi connectivity index (χ1n) is 6.24. The van der Waals surface area contributed by atoms with E-state index in [1.54, 1.807) is 0 Å². The number of aliphatic hydroxyl groups is 1. The van der Waals surface area contributed by atoms with Crippen molar-refractivity contribution in [1.82, 2.24) is 4.90 Å². The largest absolute Gasteiger partial charge is 0.395 e. The van der Waals surface area contributed by atoms with Crippen LogP contribution in [-0.2, 0) is 0 Å². The van der Waals surface area contributed by atoms with Crippen LogP contribution in [0.15, 0.2) is 0 Å². The third-order valence-corrected chi connectivity index (χ3v) is 3.72. The molecule has 0 radical (unpaired) electrons. The summed E-state index contributed by atoms with van der Waals surface area (Å²) in [6, 6.07) is 0.867. The van der Waals surface area contributed by atoms with Crippen LogP contribution >= 0.6 is 0 Å². The minimum absolute atomic E-state index is 0.0853. The van der Waals surface area contributed by atoms with Crippen molar-refractivity contribution >= 4 is 0 Å². The van der Waals surface area contributed by atoms with Gasteiger partial charge < -0.3 is 10.8 Å². The number of nitrogens with zero attached hydrogens (tertiary/aromatic N) is 1. The van der Waals surface area contributed by atoms with Gasteiger partial charge in [0.15, 0.2) is 0 Å². The van der Waals surface area contributed by atoms with Crippen LogP contribution in [0.2, 0.25) is 0 Å². The Morgan fingerprint density at radius 2 is 2.13 bits per heavy atom. The van der Waals surface area contributed by atoms with Gasteiger partial charge in [0.05, 0.1) is 6.61 Å². The maximum Gasteiger partial charge on any atom is 0.0602 e. The molecule has 0 saturated carbocycles. The van der Waals surface area contributed by atoms with Crippen LogP contribution in [0.3, 0.4) is 0 Å². The van der Waals surface area contributed by atoms with Gasteiger partial charge in [-0.25, -0.2) is 0 Å². The highest BCUT2D eigenvalue weighted by atomic mass is 16.3. The molecule has 1 rings (SSSR count). The SMILES string of the molecule is CCC1CCCN1C(CO)C(N)C(C)C. The summed E-state index contributed by atoms with van der Waals surface area (Å²) in [4.78, 5) is 2.42. The summed E-state index contributed by atoms with van der Waals surface area (Å²) in [6.07, 6.45) is 3.68. The summed E-state index contributed by atoms with van der Waals surface area (Å²) in [5.74, 6) is 0.431. The molecule has 0 bridgehead atoms. The van der Waals surface area contributed by atoms with E-state index in [9.17, 15) is 5.11 Å². The Morgan fingerprint density at radius 3 is 2.60 bits per heavy atom. The molecule has 1 saturated heterocycles. The van der Waals surface area contributed by atoms with Crippen LogP contribution in [0.25, 0.3) is 0 Å². The molecule has 0 aliphatic carbocycles. The normalized spacial score (nSPS) is 27.2. The lowest BCUT2D eigenvalue weighted by Crippen LogP contribution is -2.53. The molecule has 3 heteroatoms. The van der Waals surface area contributed by atoms with Crippen molar-refractivity contribution in [3.8, 4) is 0 Å². The van der Waals surface area contributed by atoms with Crippen molar-refractivity contribution in [3.63, 3.8) is 0 Å². The smallest absolute Gasteiger partial charge is 0.0602 e. The van der Waals surface area contributed by atoms with Crippen LogP contribution in [-0.4, -0.2) is 41.3 Å². The Kier molecular flexibility index (Phi) is 5.03. The molecule has 3 nitrogen and oxygen atoms in total. The molecule has 90 valence electrons. The zero-order valence-corrected chi connectivity index (χ0v) is 10.3. The van der Waals surface area contributed by atoms with Crippen LogP contribution in [0.4, 0.5) is 0 Å². The first-order chi connectivity index (χ1) is 7.11. The molecular weight excluding hydrogens is 188 g/mol. The lowest BCUT2D eigenvalue weighted by Gasteiger charge is -2.36. The molecule has 3 unspecified atom stereocenters. The van der Waals surface area contributed by atoms with Gasteiger partial charge in [-0.3, -0.25) is 4.90 Å². The number of rotatable bonds is 5. The van der Waals surface area contributed by atoms with E-state index in [4.69, 9.17) is 5.73 Å². The fourth-order valence-electron chi connectivity index (χ4n) is 2.63. The van der Waals surface area contributed by atoms with Gasteiger partial charge in [-0.2, -0.15) is 0 Å². The van der Waals surface area contributed by atoms with Crippen molar-refractivity contribution in [1.29, 1.82) is 0 Å². The molecule has 0 aromatic carbocycles. The third-order valence-electron chi connectivity index (χ3n) is 3.72. The second-order valence-corrected chi connectivity index (χ2v) is 5.01. The van der Waals surface area contributed by atoms with E-state index in [1.165, 1.54) is 19.3 Å². The zero-order valence-electron chi connectivity index (χ0n) is 10.3. The molecule has 3 N–H and O–H groups in total. The van der Waals surface area contributed by atoms with E-state index in [2.05, 4.69) is 25.7 Å². The molecule has 0 amide bonds. The first-order valence-corrected chi connectivity index (χ1v) is 6.24. The lowest BCUT2D eigenvalue weighted by atomic mass is 9.96. The Morgan fingerprint density at radius 1 is 1.47 bits per heavy atom. The van der Waals surface area contributed by atoms with Crippen LogP contribution in [0.5, 0.6) is 0 Å². The summed E-state index contributed by atoms with van der Waals surface area (Å²) in [5.41, 5.74) is 6.17. The summed E-state index contributed by atoms with van der Waals surface area (Å²) in [6.45, 7) is 7.77. The van der Waals surface area contributed by atoms with Gasteiger partial charge >= 0.3 is 0 Å². The Hall–Kier alpha value is -0.120. The zero-order chi connectivity index (χ0) is 11.4. The van der Waals surface area contributed by atoms with Gasteiger partial charge in [0, 0.05) is 18.1 Å². The predicted octanol–water partition coefficient (Wildman–Crippen LogP) is 1.21. The van der Waals surface area contributed by atoms with Crippen molar-refractivity contribution < 1.29 is 5.11 Å². The van der Waals surface area contributed by atoms with Gasteiger partial charge in [0.25, 0.3) is 0 Å². The van der Waals surface area contributed by atoms with Crippen molar-refractivity contribution in [2.45, 2.75) is 58.2 Å². The molecule has 1 aliphatic rings. The Balaban J connectivity index is 2.64. The maximum absolute atomic E-state index is 9.50. The minimum Gasteiger partial charge on any atom is -0.395 e. The Bertz CT molecular complexity index is 184. The van der Waals surface area contributed by atoms with E-state index >= 15 is 0 Å². The minimum atomic E-state index is 0.0853.